The minimum Gasteiger partial charge on any atom is -0.493 e. The summed E-state index contributed by atoms with van der Waals surface area (Å²) in [6.07, 6.45) is 2.75. The average molecular weight is 343 g/mol. The minimum atomic E-state index is -0.307. The topological polar surface area (TPSA) is 38.8 Å². The Kier molecular flexibility index (Phi) is 5.22. The molecule has 3 rings (SSSR count). The van der Waals surface area contributed by atoms with Crippen molar-refractivity contribution in [1.82, 2.24) is 0 Å². The molecule has 0 aromatic heterocycles. The Balaban J connectivity index is 1.71. The minimum absolute atomic E-state index is 0.0151. The second-order valence-electron chi connectivity index (χ2n) is 6.11. The van der Waals surface area contributed by atoms with Crippen LogP contribution in [0.15, 0.2) is 36.4 Å². The van der Waals surface area contributed by atoms with E-state index >= 15 is 0 Å². The summed E-state index contributed by atoms with van der Waals surface area (Å²) in [6.45, 7) is 0.640. The standard InChI is InChI=1S/C20H22FNO3/c1-24-18-9-5-14(12-19(18)25-2)6-10-20(23)22-11-3-4-15-7-8-16(21)13-17(15)22/h5,7-9,12-13H,3-4,6,10-11H2,1-2H3. The summed E-state index contributed by atoms with van der Waals surface area (Å²) < 4.78 is 24.1. The number of benzene rings is 2. The molecule has 132 valence electrons. The molecule has 0 saturated heterocycles. The largest absolute Gasteiger partial charge is 0.493 e. The van der Waals surface area contributed by atoms with Crippen molar-refractivity contribution in [3.8, 4) is 11.5 Å². The van der Waals surface area contributed by atoms with Crippen LogP contribution in [0, 0.1) is 5.82 Å². The Morgan fingerprint density at radius 3 is 2.68 bits per heavy atom. The number of hydrogen-bond donors (Lipinski definition) is 0. The molecule has 0 saturated carbocycles. The van der Waals surface area contributed by atoms with Gasteiger partial charge in [0.05, 0.1) is 14.2 Å². The van der Waals surface area contributed by atoms with Gasteiger partial charge in [-0.25, -0.2) is 4.39 Å². The van der Waals surface area contributed by atoms with Crippen LogP contribution < -0.4 is 14.4 Å². The molecule has 1 amide bonds. The van der Waals surface area contributed by atoms with Gasteiger partial charge in [0, 0.05) is 18.7 Å². The molecule has 5 heteroatoms. The molecular weight excluding hydrogens is 321 g/mol. The third-order valence-corrected chi connectivity index (χ3v) is 4.54. The monoisotopic (exact) mass is 343 g/mol. The fourth-order valence-corrected chi connectivity index (χ4v) is 3.23. The first-order chi connectivity index (χ1) is 12.1. The zero-order chi connectivity index (χ0) is 17.8. The molecule has 0 bridgehead atoms. The molecule has 0 atom stereocenters. The number of carbonyl (C=O) groups is 1. The Bertz CT molecular complexity index is 776. The number of aryl methyl sites for hydroxylation is 2. The van der Waals surface area contributed by atoms with Gasteiger partial charge in [0.15, 0.2) is 11.5 Å². The molecule has 0 fully saturated rings. The molecule has 1 heterocycles. The fraction of sp³-hybridized carbons (Fsp3) is 0.350. The van der Waals surface area contributed by atoms with E-state index in [9.17, 15) is 9.18 Å². The van der Waals surface area contributed by atoms with Gasteiger partial charge in [-0.3, -0.25) is 4.79 Å². The molecule has 0 spiro atoms. The van der Waals surface area contributed by atoms with Crippen LogP contribution in [0.4, 0.5) is 10.1 Å². The van der Waals surface area contributed by atoms with Crippen LogP contribution in [-0.2, 0) is 17.6 Å². The van der Waals surface area contributed by atoms with Crippen molar-refractivity contribution in [2.24, 2.45) is 0 Å². The maximum Gasteiger partial charge on any atom is 0.227 e. The fourth-order valence-electron chi connectivity index (χ4n) is 3.23. The number of methoxy groups -OCH3 is 2. The Morgan fingerprint density at radius 2 is 1.92 bits per heavy atom. The summed E-state index contributed by atoms with van der Waals surface area (Å²) in [6, 6.07) is 10.3. The van der Waals surface area contributed by atoms with Crippen molar-refractivity contribution in [1.29, 1.82) is 0 Å². The lowest BCUT2D eigenvalue weighted by Crippen LogP contribution is -2.35. The lowest BCUT2D eigenvalue weighted by Gasteiger charge is -2.29. The van der Waals surface area contributed by atoms with Crippen LogP contribution in [0.25, 0.3) is 0 Å². The van der Waals surface area contributed by atoms with E-state index in [0.29, 0.717) is 36.6 Å². The molecule has 0 radical (unpaired) electrons. The Hall–Kier alpha value is -2.56. The van der Waals surface area contributed by atoms with Crippen LogP contribution in [0.3, 0.4) is 0 Å². The molecule has 0 aliphatic carbocycles. The highest BCUT2D eigenvalue weighted by Crippen LogP contribution is 2.30. The van der Waals surface area contributed by atoms with E-state index < -0.39 is 0 Å². The van der Waals surface area contributed by atoms with Crippen LogP contribution in [0.2, 0.25) is 0 Å². The van der Waals surface area contributed by atoms with Crippen molar-refractivity contribution in [2.75, 3.05) is 25.7 Å². The third kappa shape index (κ3) is 3.76. The molecule has 0 unspecified atom stereocenters. The van der Waals surface area contributed by atoms with E-state index in [1.807, 2.05) is 18.2 Å². The van der Waals surface area contributed by atoms with Gasteiger partial charge in [0.25, 0.3) is 0 Å². The van der Waals surface area contributed by atoms with Gasteiger partial charge in [-0.1, -0.05) is 12.1 Å². The van der Waals surface area contributed by atoms with Gasteiger partial charge < -0.3 is 14.4 Å². The number of halogens is 1. The van der Waals surface area contributed by atoms with Crippen molar-refractivity contribution >= 4 is 11.6 Å². The number of carbonyl (C=O) groups excluding carboxylic acids is 1. The first kappa shape index (κ1) is 17.3. The van der Waals surface area contributed by atoms with Gasteiger partial charge in [-0.05, 0) is 54.7 Å². The Labute approximate surface area is 147 Å². The predicted octanol–water partition coefficient (Wildman–Crippen LogP) is 3.75. The van der Waals surface area contributed by atoms with E-state index in [1.54, 1.807) is 25.2 Å². The summed E-state index contributed by atoms with van der Waals surface area (Å²) in [5.74, 6) is 1.02. The highest BCUT2D eigenvalue weighted by molar-refractivity contribution is 5.94. The second-order valence-corrected chi connectivity index (χ2v) is 6.11. The highest BCUT2D eigenvalue weighted by Gasteiger charge is 2.22. The van der Waals surface area contributed by atoms with Crippen molar-refractivity contribution in [3.63, 3.8) is 0 Å². The number of fused-ring (bicyclic) bond motifs is 1. The number of rotatable bonds is 5. The smallest absolute Gasteiger partial charge is 0.227 e. The van der Waals surface area contributed by atoms with Crippen LogP contribution >= 0.6 is 0 Å². The summed E-state index contributed by atoms with van der Waals surface area (Å²) in [5.41, 5.74) is 2.75. The number of hydrogen-bond acceptors (Lipinski definition) is 3. The molecule has 25 heavy (non-hydrogen) atoms. The number of anilines is 1. The van der Waals surface area contributed by atoms with Gasteiger partial charge in [0.1, 0.15) is 5.82 Å². The molecular formula is C20H22FNO3. The van der Waals surface area contributed by atoms with Crippen molar-refractivity contribution < 1.29 is 18.7 Å². The molecule has 1 aliphatic heterocycles. The lowest BCUT2D eigenvalue weighted by molar-refractivity contribution is -0.118. The maximum atomic E-state index is 13.6. The van der Waals surface area contributed by atoms with Gasteiger partial charge >= 0.3 is 0 Å². The summed E-state index contributed by atoms with van der Waals surface area (Å²) >= 11 is 0. The van der Waals surface area contributed by atoms with E-state index in [2.05, 4.69) is 0 Å². The van der Waals surface area contributed by atoms with E-state index in [0.717, 1.165) is 24.0 Å². The van der Waals surface area contributed by atoms with Gasteiger partial charge in [0.2, 0.25) is 5.91 Å². The highest BCUT2D eigenvalue weighted by atomic mass is 19.1. The normalized spacial score (nSPS) is 13.3. The van der Waals surface area contributed by atoms with E-state index in [1.165, 1.54) is 12.1 Å². The average Bonchev–Trinajstić information content (AvgIpc) is 2.65. The SMILES string of the molecule is COc1ccc(CCC(=O)N2CCCc3ccc(F)cc32)cc1OC. The molecule has 2 aromatic rings. The first-order valence-electron chi connectivity index (χ1n) is 8.42. The van der Waals surface area contributed by atoms with Crippen LogP contribution in [0.1, 0.15) is 24.0 Å². The van der Waals surface area contributed by atoms with Crippen LogP contribution in [-0.4, -0.2) is 26.7 Å². The predicted molar refractivity (Wildman–Crippen MR) is 94.9 cm³/mol. The summed E-state index contributed by atoms with van der Waals surface area (Å²) in [4.78, 5) is 14.4. The quantitative estimate of drug-likeness (QED) is 0.830. The molecule has 2 aromatic carbocycles. The van der Waals surface area contributed by atoms with E-state index in [4.69, 9.17) is 9.47 Å². The zero-order valence-corrected chi connectivity index (χ0v) is 14.5. The van der Waals surface area contributed by atoms with Crippen molar-refractivity contribution in [2.45, 2.75) is 25.7 Å². The maximum absolute atomic E-state index is 13.6. The lowest BCUT2D eigenvalue weighted by atomic mass is 10.0. The second kappa shape index (κ2) is 7.55. The van der Waals surface area contributed by atoms with E-state index in [-0.39, 0.29) is 11.7 Å². The van der Waals surface area contributed by atoms with Crippen LogP contribution in [0.5, 0.6) is 11.5 Å². The number of nitrogens with zero attached hydrogens (tertiary/aromatic N) is 1. The Morgan fingerprint density at radius 1 is 1.12 bits per heavy atom. The summed E-state index contributed by atoms with van der Waals surface area (Å²) in [7, 11) is 3.18. The zero-order valence-electron chi connectivity index (χ0n) is 14.5. The molecule has 4 nitrogen and oxygen atoms in total. The third-order valence-electron chi connectivity index (χ3n) is 4.54. The van der Waals surface area contributed by atoms with Gasteiger partial charge in [-0.2, -0.15) is 0 Å². The van der Waals surface area contributed by atoms with Crippen molar-refractivity contribution in [3.05, 3.63) is 53.3 Å². The molecule has 0 N–H and O–H groups in total. The molecule has 1 aliphatic rings. The first-order valence-corrected chi connectivity index (χ1v) is 8.42. The number of amides is 1. The number of ether oxygens (including phenoxy) is 2. The van der Waals surface area contributed by atoms with Gasteiger partial charge in [-0.15, -0.1) is 0 Å². The summed E-state index contributed by atoms with van der Waals surface area (Å²) in [5, 5.41) is 0.